The molecule has 0 fully saturated rings. The Balaban J connectivity index is 1.91. The first-order chi connectivity index (χ1) is 9.24. The van der Waals surface area contributed by atoms with Crippen molar-refractivity contribution in [2.75, 3.05) is 0 Å². The number of hydrogen-bond donors (Lipinski definition) is 1. The Morgan fingerprint density at radius 2 is 1.95 bits per heavy atom. The van der Waals surface area contributed by atoms with Gasteiger partial charge in [-0.15, -0.1) is 16.9 Å². The maximum atomic E-state index is 9.85. The molecule has 19 heavy (non-hydrogen) atoms. The number of aryl methyl sites for hydroxylation is 1. The maximum absolute atomic E-state index is 9.85. The van der Waals surface area contributed by atoms with E-state index in [4.69, 9.17) is 0 Å². The summed E-state index contributed by atoms with van der Waals surface area (Å²) in [4.78, 5) is 1.14. The van der Waals surface area contributed by atoms with Crippen molar-refractivity contribution >= 4 is 22.5 Å². The lowest BCUT2D eigenvalue weighted by molar-refractivity contribution is 0.481. The number of phenols is 1. The average molecular weight is 271 g/mol. The molecule has 3 rings (SSSR count). The van der Waals surface area contributed by atoms with Crippen molar-refractivity contribution in [1.29, 1.82) is 0 Å². The van der Waals surface area contributed by atoms with E-state index in [1.54, 1.807) is 22.5 Å². The number of rotatable bonds is 3. The predicted molar refractivity (Wildman–Crippen MR) is 76.2 cm³/mol. The van der Waals surface area contributed by atoms with E-state index in [0.29, 0.717) is 5.75 Å². The molecule has 2 aromatic carbocycles. The summed E-state index contributed by atoms with van der Waals surface area (Å²) in [6.07, 6.45) is 1.91. The quantitative estimate of drug-likeness (QED) is 0.744. The largest absolute Gasteiger partial charge is 0.507 e. The summed E-state index contributed by atoms with van der Waals surface area (Å²) < 4.78 is 1.70. The van der Waals surface area contributed by atoms with Gasteiger partial charge in [0.1, 0.15) is 5.75 Å². The molecular formula is C14H13N3OS. The van der Waals surface area contributed by atoms with Crippen LogP contribution in [0.1, 0.15) is 5.69 Å². The van der Waals surface area contributed by atoms with Crippen LogP contribution in [0.4, 0.5) is 0 Å². The summed E-state index contributed by atoms with van der Waals surface area (Å²) in [7, 11) is 1.86. The third-order valence-corrected chi connectivity index (χ3v) is 3.99. The molecule has 0 unspecified atom stereocenters. The Bertz CT molecular complexity index is 724. The molecule has 1 aromatic heterocycles. The van der Waals surface area contributed by atoms with E-state index in [0.717, 1.165) is 27.1 Å². The van der Waals surface area contributed by atoms with Gasteiger partial charge in [-0.3, -0.25) is 4.68 Å². The van der Waals surface area contributed by atoms with Crippen molar-refractivity contribution in [3.8, 4) is 5.75 Å². The monoisotopic (exact) mass is 271 g/mol. The van der Waals surface area contributed by atoms with Crippen molar-refractivity contribution in [3.63, 3.8) is 0 Å². The van der Waals surface area contributed by atoms with E-state index < -0.39 is 0 Å². The van der Waals surface area contributed by atoms with Gasteiger partial charge < -0.3 is 5.11 Å². The van der Waals surface area contributed by atoms with Gasteiger partial charge in [-0.25, -0.2) is 0 Å². The van der Waals surface area contributed by atoms with Crippen molar-refractivity contribution in [2.24, 2.45) is 7.05 Å². The molecule has 0 aliphatic heterocycles. The van der Waals surface area contributed by atoms with Crippen LogP contribution in [0.15, 0.2) is 47.5 Å². The fourth-order valence-electron chi connectivity index (χ4n) is 1.99. The number of phenolic OH excluding ortho intramolecular Hbond substituents is 1. The highest BCUT2D eigenvalue weighted by atomic mass is 32.2. The highest BCUT2D eigenvalue weighted by Gasteiger charge is 2.06. The number of thioether (sulfide) groups is 1. The number of aromatic hydroxyl groups is 1. The first-order valence-corrected chi connectivity index (χ1v) is 6.91. The molecule has 0 saturated heterocycles. The highest BCUT2D eigenvalue weighted by Crippen LogP contribution is 2.34. The molecule has 96 valence electrons. The lowest BCUT2D eigenvalue weighted by atomic mass is 10.1. The molecule has 0 aliphatic carbocycles. The lowest BCUT2D eigenvalue weighted by Crippen LogP contribution is -1.85. The third kappa shape index (κ3) is 2.42. The van der Waals surface area contributed by atoms with Crippen LogP contribution in [0.25, 0.3) is 10.8 Å². The summed E-state index contributed by atoms with van der Waals surface area (Å²) in [5.41, 5.74) is 0.949. The minimum absolute atomic E-state index is 0.319. The van der Waals surface area contributed by atoms with Crippen LogP contribution in [0, 0.1) is 0 Å². The van der Waals surface area contributed by atoms with Crippen LogP contribution in [0.5, 0.6) is 5.75 Å². The topological polar surface area (TPSA) is 50.9 Å². The zero-order valence-corrected chi connectivity index (χ0v) is 11.3. The zero-order valence-electron chi connectivity index (χ0n) is 10.4. The Hall–Kier alpha value is -2.01. The van der Waals surface area contributed by atoms with E-state index in [1.165, 1.54) is 0 Å². The molecular weight excluding hydrogens is 258 g/mol. The number of hydrogen-bond acceptors (Lipinski definition) is 4. The fraction of sp³-hybridized carbons (Fsp3) is 0.143. The molecule has 0 bridgehead atoms. The van der Waals surface area contributed by atoms with Gasteiger partial charge in [-0.1, -0.05) is 29.5 Å². The summed E-state index contributed by atoms with van der Waals surface area (Å²) >= 11 is 1.70. The molecule has 0 spiro atoms. The van der Waals surface area contributed by atoms with Crippen LogP contribution >= 0.6 is 11.8 Å². The molecule has 3 aromatic rings. The van der Waals surface area contributed by atoms with Gasteiger partial charge in [0, 0.05) is 29.3 Å². The standard InChI is InChI=1S/C14H13N3OS/c1-17-8-10(15-16-17)9-19-14-7-6-13(18)11-4-2-3-5-12(11)14/h2-8,18H,9H2,1H3. The van der Waals surface area contributed by atoms with Crippen molar-refractivity contribution in [1.82, 2.24) is 15.0 Å². The van der Waals surface area contributed by atoms with E-state index >= 15 is 0 Å². The second-order valence-corrected chi connectivity index (χ2v) is 5.32. The smallest absolute Gasteiger partial charge is 0.123 e. The Morgan fingerprint density at radius 1 is 1.16 bits per heavy atom. The number of fused-ring (bicyclic) bond motifs is 1. The molecule has 1 heterocycles. The number of aromatic nitrogens is 3. The number of nitrogens with zero attached hydrogens (tertiary/aromatic N) is 3. The normalized spacial score (nSPS) is 11.0. The van der Waals surface area contributed by atoms with Gasteiger partial charge in [0.25, 0.3) is 0 Å². The minimum Gasteiger partial charge on any atom is -0.507 e. The van der Waals surface area contributed by atoms with Crippen LogP contribution < -0.4 is 0 Å². The minimum atomic E-state index is 0.319. The van der Waals surface area contributed by atoms with E-state index in [-0.39, 0.29) is 0 Å². The summed E-state index contributed by atoms with van der Waals surface area (Å²) in [5.74, 6) is 1.09. The molecule has 0 atom stereocenters. The van der Waals surface area contributed by atoms with Gasteiger partial charge in [0.15, 0.2) is 0 Å². The highest BCUT2D eigenvalue weighted by molar-refractivity contribution is 7.98. The predicted octanol–water partition coefficient (Wildman–Crippen LogP) is 2.97. The molecule has 0 amide bonds. The molecule has 0 saturated carbocycles. The second-order valence-electron chi connectivity index (χ2n) is 4.30. The Labute approximate surface area is 115 Å². The van der Waals surface area contributed by atoms with Gasteiger partial charge in [-0.05, 0) is 17.5 Å². The van der Waals surface area contributed by atoms with E-state index in [1.807, 2.05) is 43.6 Å². The Morgan fingerprint density at radius 3 is 2.68 bits per heavy atom. The summed E-state index contributed by atoms with van der Waals surface area (Å²) in [6.45, 7) is 0. The molecule has 5 heteroatoms. The molecule has 0 radical (unpaired) electrons. The van der Waals surface area contributed by atoms with Gasteiger partial charge in [0.2, 0.25) is 0 Å². The van der Waals surface area contributed by atoms with Crippen LogP contribution in [-0.2, 0) is 12.8 Å². The van der Waals surface area contributed by atoms with Gasteiger partial charge in [0.05, 0.1) is 5.69 Å². The SMILES string of the molecule is Cn1cc(CSc2ccc(O)c3ccccc23)nn1. The third-order valence-electron chi connectivity index (χ3n) is 2.89. The van der Waals surface area contributed by atoms with E-state index in [2.05, 4.69) is 10.3 Å². The molecule has 1 N–H and O–H groups in total. The first kappa shape index (κ1) is 12.0. The maximum Gasteiger partial charge on any atom is 0.123 e. The van der Waals surface area contributed by atoms with Crippen LogP contribution in [0.2, 0.25) is 0 Å². The molecule has 0 aliphatic rings. The molecule has 4 nitrogen and oxygen atoms in total. The fourth-order valence-corrected chi connectivity index (χ4v) is 2.93. The second kappa shape index (κ2) is 4.93. The number of benzene rings is 2. The van der Waals surface area contributed by atoms with Crippen molar-refractivity contribution in [2.45, 2.75) is 10.6 Å². The first-order valence-electron chi connectivity index (χ1n) is 5.93. The van der Waals surface area contributed by atoms with Gasteiger partial charge in [-0.2, -0.15) is 0 Å². The summed E-state index contributed by atoms with van der Waals surface area (Å²) in [5, 5.41) is 19.8. The van der Waals surface area contributed by atoms with Crippen LogP contribution in [-0.4, -0.2) is 20.1 Å². The van der Waals surface area contributed by atoms with Crippen molar-refractivity contribution < 1.29 is 5.11 Å². The Kier molecular flexibility index (Phi) is 3.13. The van der Waals surface area contributed by atoms with Crippen LogP contribution in [0.3, 0.4) is 0 Å². The zero-order chi connectivity index (χ0) is 13.2. The summed E-state index contributed by atoms with van der Waals surface area (Å²) in [6, 6.07) is 11.5. The van der Waals surface area contributed by atoms with E-state index in [9.17, 15) is 5.11 Å². The van der Waals surface area contributed by atoms with Crippen molar-refractivity contribution in [3.05, 3.63) is 48.3 Å². The van der Waals surface area contributed by atoms with Gasteiger partial charge >= 0.3 is 0 Å². The average Bonchev–Trinajstić information content (AvgIpc) is 2.84. The lowest BCUT2D eigenvalue weighted by Gasteiger charge is -2.06.